The van der Waals surface area contributed by atoms with Gasteiger partial charge < -0.3 is 10.6 Å². The van der Waals surface area contributed by atoms with E-state index in [4.69, 9.17) is 0 Å². The summed E-state index contributed by atoms with van der Waals surface area (Å²) in [5.74, 6) is -0.108. The van der Waals surface area contributed by atoms with Crippen molar-refractivity contribution in [1.29, 1.82) is 0 Å². The zero-order chi connectivity index (χ0) is 15.4. The number of aryl methyl sites for hydroxylation is 2. The number of anilines is 2. The van der Waals surface area contributed by atoms with Gasteiger partial charge in [-0.15, -0.1) is 0 Å². The third-order valence-electron chi connectivity index (χ3n) is 2.97. The SMILES string of the molecule is CC(=O)Nc1cc(C(=O)Nc2cc(C)ccc2C)ccn1. The van der Waals surface area contributed by atoms with E-state index in [0.29, 0.717) is 11.4 Å². The molecule has 5 nitrogen and oxygen atoms in total. The molecule has 0 bridgehead atoms. The van der Waals surface area contributed by atoms with E-state index in [0.717, 1.165) is 16.8 Å². The van der Waals surface area contributed by atoms with E-state index in [-0.39, 0.29) is 11.8 Å². The number of nitrogens with one attached hydrogen (secondary N) is 2. The molecule has 2 N–H and O–H groups in total. The second kappa shape index (κ2) is 6.17. The highest BCUT2D eigenvalue weighted by Crippen LogP contribution is 2.18. The first-order valence-corrected chi connectivity index (χ1v) is 6.58. The van der Waals surface area contributed by atoms with Crippen LogP contribution in [0.5, 0.6) is 0 Å². The van der Waals surface area contributed by atoms with Crippen LogP contribution in [0.3, 0.4) is 0 Å². The van der Waals surface area contributed by atoms with Crippen molar-refractivity contribution in [3.63, 3.8) is 0 Å². The summed E-state index contributed by atoms with van der Waals surface area (Å²) in [6.45, 7) is 5.30. The quantitative estimate of drug-likeness (QED) is 0.909. The van der Waals surface area contributed by atoms with Crippen LogP contribution in [0.15, 0.2) is 36.5 Å². The monoisotopic (exact) mass is 283 g/mol. The highest BCUT2D eigenvalue weighted by molar-refractivity contribution is 6.05. The molecule has 0 radical (unpaired) electrons. The Hall–Kier alpha value is -2.69. The molecule has 108 valence electrons. The molecule has 1 heterocycles. The summed E-state index contributed by atoms with van der Waals surface area (Å²) >= 11 is 0. The van der Waals surface area contributed by atoms with Crippen LogP contribution in [0.2, 0.25) is 0 Å². The molecule has 0 aliphatic carbocycles. The van der Waals surface area contributed by atoms with Crippen molar-refractivity contribution < 1.29 is 9.59 Å². The molecular formula is C16H17N3O2. The van der Waals surface area contributed by atoms with E-state index in [1.807, 2.05) is 32.0 Å². The maximum absolute atomic E-state index is 12.3. The van der Waals surface area contributed by atoms with Gasteiger partial charge in [0.1, 0.15) is 5.82 Å². The fraction of sp³-hybridized carbons (Fsp3) is 0.188. The predicted molar refractivity (Wildman–Crippen MR) is 82.4 cm³/mol. The Kier molecular flexibility index (Phi) is 4.33. The number of aromatic nitrogens is 1. The summed E-state index contributed by atoms with van der Waals surface area (Å²) in [5.41, 5.74) is 3.28. The first-order valence-electron chi connectivity index (χ1n) is 6.58. The molecule has 2 aromatic rings. The lowest BCUT2D eigenvalue weighted by Crippen LogP contribution is -2.14. The first kappa shape index (κ1) is 14.7. The normalized spacial score (nSPS) is 10.0. The van der Waals surface area contributed by atoms with Gasteiger partial charge in [0.2, 0.25) is 5.91 Å². The number of benzene rings is 1. The molecule has 0 spiro atoms. The second-order valence-corrected chi connectivity index (χ2v) is 4.88. The van der Waals surface area contributed by atoms with E-state index < -0.39 is 0 Å². The van der Waals surface area contributed by atoms with Gasteiger partial charge in [0.15, 0.2) is 0 Å². The van der Waals surface area contributed by atoms with E-state index in [1.54, 1.807) is 12.1 Å². The Bertz CT molecular complexity index is 696. The Labute approximate surface area is 123 Å². The average molecular weight is 283 g/mol. The van der Waals surface area contributed by atoms with Crippen molar-refractivity contribution in [2.75, 3.05) is 10.6 Å². The molecule has 1 aromatic carbocycles. The summed E-state index contributed by atoms with van der Waals surface area (Å²) in [4.78, 5) is 27.3. The Balaban J connectivity index is 2.20. The molecule has 21 heavy (non-hydrogen) atoms. The number of carbonyl (C=O) groups is 2. The number of hydrogen-bond donors (Lipinski definition) is 2. The van der Waals surface area contributed by atoms with Crippen molar-refractivity contribution in [1.82, 2.24) is 4.98 Å². The van der Waals surface area contributed by atoms with E-state index in [1.165, 1.54) is 13.1 Å². The molecule has 2 rings (SSSR count). The number of hydrogen-bond acceptors (Lipinski definition) is 3. The average Bonchev–Trinajstić information content (AvgIpc) is 2.42. The van der Waals surface area contributed by atoms with Crippen LogP contribution < -0.4 is 10.6 Å². The molecule has 2 amide bonds. The highest BCUT2D eigenvalue weighted by Gasteiger charge is 2.09. The smallest absolute Gasteiger partial charge is 0.255 e. The molecule has 0 unspecified atom stereocenters. The third-order valence-corrected chi connectivity index (χ3v) is 2.97. The second-order valence-electron chi connectivity index (χ2n) is 4.88. The predicted octanol–water partition coefficient (Wildman–Crippen LogP) is 2.91. The standard InChI is InChI=1S/C16H17N3O2/c1-10-4-5-11(2)14(8-10)19-16(21)13-6-7-17-15(9-13)18-12(3)20/h4-9H,1-3H3,(H,19,21)(H,17,18,20). The van der Waals surface area contributed by atoms with Crippen LogP contribution in [0.4, 0.5) is 11.5 Å². The third kappa shape index (κ3) is 3.89. The number of amides is 2. The minimum Gasteiger partial charge on any atom is -0.322 e. The van der Waals surface area contributed by atoms with Gasteiger partial charge in [-0.3, -0.25) is 9.59 Å². The van der Waals surface area contributed by atoms with Gasteiger partial charge >= 0.3 is 0 Å². The molecule has 1 aromatic heterocycles. The molecule has 0 fully saturated rings. The van der Waals surface area contributed by atoms with Gasteiger partial charge in [-0.05, 0) is 43.2 Å². The number of rotatable bonds is 3. The topological polar surface area (TPSA) is 71.1 Å². The lowest BCUT2D eigenvalue weighted by Gasteiger charge is -2.10. The van der Waals surface area contributed by atoms with Crippen molar-refractivity contribution in [3.8, 4) is 0 Å². The van der Waals surface area contributed by atoms with Crippen LogP contribution in [-0.4, -0.2) is 16.8 Å². The van der Waals surface area contributed by atoms with Gasteiger partial charge in [-0.1, -0.05) is 12.1 Å². The minimum atomic E-state index is -0.238. The summed E-state index contributed by atoms with van der Waals surface area (Å²) in [6, 6.07) is 9.02. The fourth-order valence-electron chi connectivity index (χ4n) is 1.89. The lowest BCUT2D eigenvalue weighted by molar-refractivity contribution is -0.114. The maximum Gasteiger partial charge on any atom is 0.255 e. The summed E-state index contributed by atoms with van der Waals surface area (Å²) < 4.78 is 0. The van der Waals surface area contributed by atoms with Gasteiger partial charge in [-0.2, -0.15) is 0 Å². The molecular weight excluding hydrogens is 266 g/mol. The molecule has 0 saturated carbocycles. The molecule has 0 saturated heterocycles. The number of pyridine rings is 1. The Morgan fingerprint density at radius 3 is 2.52 bits per heavy atom. The van der Waals surface area contributed by atoms with Gasteiger partial charge in [0, 0.05) is 24.4 Å². The van der Waals surface area contributed by atoms with Gasteiger partial charge in [0.05, 0.1) is 0 Å². The highest BCUT2D eigenvalue weighted by atomic mass is 16.2. The largest absolute Gasteiger partial charge is 0.322 e. The van der Waals surface area contributed by atoms with Crippen LogP contribution in [-0.2, 0) is 4.79 Å². The van der Waals surface area contributed by atoms with Gasteiger partial charge in [-0.25, -0.2) is 4.98 Å². The number of nitrogens with zero attached hydrogens (tertiary/aromatic N) is 1. The van der Waals surface area contributed by atoms with Crippen LogP contribution >= 0.6 is 0 Å². The van der Waals surface area contributed by atoms with Crippen molar-refractivity contribution in [3.05, 3.63) is 53.2 Å². The molecule has 0 aliphatic rings. The molecule has 0 aliphatic heterocycles. The van der Waals surface area contributed by atoms with Crippen LogP contribution in [0.1, 0.15) is 28.4 Å². The lowest BCUT2D eigenvalue weighted by atomic mass is 10.1. The van der Waals surface area contributed by atoms with Crippen molar-refractivity contribution >= 4 is 23.3 Å². The number of carbonyl (C=O) groups excluding carboxylic acids is 2. The summed E-state index contributed by atoms with van der Waals surface area (Å²) in [5, 5.41) is 5.42. The van der Waals surface area contributed by atoms with E-state index in [9.17, 15) is 9.59 Å². The van der Waals surface area contributed by atoms with Gasteiger partial charge in [0.25, 0.3) is 5.91 Å². The van der Waals surface area contributed by atoms with Crippen LogP contribution in [0, 0.1) is 13.8 Å². The van der Waals surface area contributed by atoms with Crippen molar-refractivity contribution in [2.24, 2.45) is 0 Å². The van der Waals surface area contributed by atoms with E-state index in [2.05, 4.69) is 15.6 Å². The molecule has 0 atom stereocenters. The molecule has 5 heteroatoms. The summed E-state index contributed by atoms with van der Waals surface area (Å²) in [7, 11) is 0. The zero-order valence-electron chi connectivity index (χ0n) is 12.2. The summed E-state index contributed by atoms with van der Waals surface area (Å²) in [6.07, 6.45) is 1.49. The van der Waals surface area contributed by atoms with E-state index >= 15 is 0 Å². The Morgan fingerprint density at radius 2 is 1.81 bits per heavy atom. The zero-order valence-corrected chi connectivity index (χ0v) is 12.2. The Morgan fingerprint density at radius 1 is 1.05 bits per heavy atom. The fourth-order valence-corrected chi connectivity index (χ4v) is 1.89. The van der Waals surface area contributed by atoms with Crippen molar-refractivity contribution in [2.45, 2.75) is 20.8 Å². The maximum atomic E-state index is 12.3. The minimum absolute atomic E-state index is 0.227. The first-order chi connectivity index (χ1) is 9.95. The van der Waals surface area contributed by atoms with Crippen LogP contribution in [0.25, 0.3) is 0 Å².